The van der Waals surface area contributed by atoms with Gasteiger partial charge in [0, 0.05) is 23.7 Å². The largest absolute Gasteiger partial charge is 0.487 e. The lowest BCUT2D eigenvalue weighted by Gasteiger charge is -2.38. The third-order valence-electron chi connectivity index (χ3n) is 4.11. The molecule has 0 radical (unpaired) electrons. The van der Waals surface area contributed by atoms with E-state index in [2.05, 4.69) is 16.7 Å². The summed E-state index contributed by atoms with van der Waals surface area (Å²) >= 11 is 5.35. The lowest BCUT2D eigenvalue weighted by Crippen LogP contribution is -2.42. The molecule has 6 heteroatoms. The second-order valence-corrected chi connectivity index (χ2v) is 7.30. The van der Waals surface area contributed by atoms with E-state index in [0.29, 0.717) is 10.8 Å². The molecule has 0 saturated heterocycles. The van der Waals surface area contributed by atoms with E-state index in [1.807, 2.05) is 32.9 Å². The Labute approximate surface area is 151 Å². The lowest BCUT2D eigenvalue weighted by molar-refractivity contribution is 0.0696. The molecule has 1 atom stereocenters. The summed E-state index contributed by atoms with van der Waals surface area (Å²) in [6.45, 7) is 6.07. The first-order valence-corrected chi connectivity index (χ1v) is 8.46. The monoisotopic (exact) mass is 362 g/mol. The Kier molecular flexibility index (Phi) is 4.64. The van der Waals surface area contributed by atoms with Crippen molar-refractivity contribution in [3.8, 4) is 5.75 Å². The van der Waals surface area contributed by atoms with Crippen LogP contribution in [0, 0.1) is 18.6 Å². The third kappa shape index (κ3) is 4.07. The maximum absolute atomic E-state index is 13.3. The summed E-state index contributed by atoms with van der Waals surface area (Å²) in [5.41, 5.74) is 2.23. The number of fused-ring (bicyclic) bond motifs is 1. The fourth-order valence-corrected chi connectivity index (χ4v) is 3.26. The number of benzene rings is 2. The van der Waals surface area contributed by atoms with Gasteiger partial charge >= 0.3 is 0 Å². The summed E-state index contributed by atoms with van der Waals surface area (Å²) in [5.74, 6) is -0.976. The van der Waals surface area contributed by atoms with Gasteiger partial charge in [-0.2, -0.15) is 0 Å². The van der Waals surface area contributed by atoms with Crippen molar-refractivity contribution in [1.29, 1.82) is 0 Å². The van der Waals surface area contributed by atoms with E-state index in [4.69, 9.17) is 17.0 Å². The van der Waals surface area contributed by atoms with Crippen LogP contribution in [0.3, 0.4) is 0 Å². The van der Waals surface area contributed by atoms with Crippen LogP contribution >= 0.6 is 12.2 Å². The predicted molar refractivity (Wildman–Crippen MR) is 99.0 cm³/mol. The Balaban J connectivity index is 1.78. The maximum atomic E-state index is 13.3. The normalized spacial score (nSPS) is 18.0. The average molecular weight is 362 g/mol. The van der Waals surface area contributed by atoms with E-state index in [1.165, 1.54) is 6.07 Å². The number of aryl methyl sites for hydroxylation is 1. The number of ether oxygens (including phenoxy) is 1. The summed E-state index contributed by atoms with van der Waals surface area (Å²) in [7, 11) is 0. The summed E-state index contributed by atoms with van der Waals surface area (Å²) in [5, 5.41) is 6.52. The molecule has 0 spiro atoms. The fourth-order valence-electron chi connectivity index (χ4n) is 3.00. The quantitative estimate of drug-likeness (QED) is 0.748. The van der Waals surface area contributed by atoms with Gasteiger partial charge in [-0.05, 0) is 51.2 Å². The topological polar surface area (TPSA) is 33.3 Å². The van der Waals surface area contributed by atoms with Crippen molar-refractivity contribution in [3.05, 3.63) is 59.2 Å². The number of halogens is 2. The van der Waals surface area contributed by atoms with E-state index in [1.54, 1.807) is 0 Å². The molecule has 1 heterocycles. The van der Waals surface area contributed by atoms with Crippen molar-refractivity contribution in [2.75, 3.05) is 5.32 Å². The van der Waals surface area contributed by atoms with E-state index in [0.717, 1.165) is 35.4 Å². The van der Waals surface area contributed by atoms with Crippen LogP contribution in [0.1, 0.15) is 37.4 Å². The summed E-state index contributed by atoms with van der Waals surface area (Å²) in [4.78, 5) is 0. The zero-order valence-electron chi connectivity index (χ0n) is 14.3. The highest BCUT2D eigenvalue weighted by atomic mass is 32.1. The number of anilines is 1. The molecular weight excluding hydrogens is 342 g/mol. The van der Waals surface area contributed by atoms with Crippen LogP contribution in [0.25, 0.3) is 0 Å². The number of rotatable bonds is 2. The minimum absolute atomic E-state index is 0.0380. The average Bonchev–Trinajstić information content (AvgIpc) is 2.51. The molecule has 2 aromatic carbocycles. The van der Waals surface area contributed by atoms with Crippen LogP contribution < -0.4 is 15.4 Å². The summed E-state index contributed by atoms with van der Waals surface area (Å²) in [6, 6.07) is 9.59. The van der Waals surface area contributed by atoms with Crippen LogP contribution in [-0.4, -0.2) is 10.7 Å². The first-order chi connectivity index (χ1) is 11.7. The van der Waals surface area contributed by atoms with Crippen LogP contribution in [-0.2, 0) is 0 Å². The molecule has 3 nitrogen and oxygen atoms in total. The molecule has 1 aliphatic rings. The van der Waals surface area contributed by atoms with E-state index in [-0.39, 0.29) is 11.6 Å². The van der Waals surface area contributed by atoms with Crippen molar-refractivity contribution >= 4 is 23.0 Å². The Hall–Kier alpha value is -2.21. The Bertz CT molecular complexity index is 823. The van der Waals surface area contributed by atoms with E-state index < -0.39 is 11.6 Å². The predicted octanol–water partition coefficient (Wildman–Crippen LogP) is 4.86. The van der Waals surface area contributed by atoms with Gasteiger partial charge in [-0.3, -0.25) is 0 Å². The highest BCUT2D eigenvalue weighted by molar-refractivity contribution is 7.80. The molecule has 0 aromatic heterocycles. The second-order valence-electron chi connectivity index (χ2n) is 6.89. The summed E-state index contributed by atoms with van der Waals surface area (Å²) in [6.07, 6.45) is 0.725. The van der Waals surface area contributed by atoms with E-state index >= 15 is 0 Å². The molecule has 0 bridgehead atoms. The molecular formula is C19H20F2N2OS. The van der Waals surface area contributed by atoms with Gasteiger partial charge in [-0.25, -0.2) is 8.78 Å². The second kappa shape index (κ2) is 6.59. The SMILES string of the molecule is Cc1ccc2c(c1)[C@H](NC(=S)Nc1ccc(F)c(F)c1)CC(C)(C)O2. The molecule has 132 valence electrons. The third-order valence-corrected chi connectivity index (χ3v) is 4.33. The van der Waals surface area contributed by atoms with Crippen molar-refractivity contribution in [1.82, 2.24) is 5.32 Å². The van der Waals surface area contributed by atoms with Crippen LogP contribution in [0.15, 0.2) is 36.4 Å². The highest BCUT2D eigenvalue weighted by Gasteiger charge is 2.34. The molecule has 3 rings (SSSR count). The van der Waals surface area contributed by atoms with Crippen molar-refractivity contribution in [2.45, 2.75) is 38.8 Å². The van der Waals surface area contributed by atoms with Crippen LogP contribution in [0.4, 0.5) is 14.5 Å². The highest BCUT2D eigenvalue weighted by Crippen LogP contribution is 2.39. The first-order valence-electron chi connectivity index (χ1n) is 8.06. The molecule has 0 fully saturated rings. The van der Waals surface area contributed by atoms with Crippen molar-refractivity contribution < 1.29 is 13.5 Å². The maximum Gasteiger partial charge on any atom is 0.171 e. The smallest absolute Gasteiger partial charge is 0.171 e. The molecule has 25 heavy (non-hydrogen) atoms. The van der Waals surface area contributed by atoms with Gasteiger partial charge in [-0.15, -0.1) is 0 Å². The molecule has 0 aliphatic carbocycles. The minimum atomic E-state index is -0.916. The first kappa shape index (κ1) is 17.6. The number of nitrogens with one attached hydrogen (secondary N) is 2. The standard InChI is InChI=1S/C19H20F2N2OS/c1-11-4-7-17-13(8-11)16(10-19(2,3)24-17)23-18(25)22-12-5-6-14(20)15(21)9-12/h4-9,16H,10H2,1-3H3,(H2,22,23,25)/t16-/m1/s1. The minimum Gasteiger partial charge on any atom is -0.487 e. The Morgan fingerprint density at radius 3 is 2.64 bits per heavy atom. The van der Waals surface area contributed by atoms with Crippen molar-refractivity contribution in [2.24, 2.45) is 0 Å². The number of hydrogen-bond acceptors (Lipinski definition) is 2. The number of thiocarbonyl (C=S) groups is 1. The van der Waals surface area contributed by atoms with Gasteiger partial charge in [-0.1, -0.05) is 17.7 Å². The fraction of sp³-hybridized carbons (Fsp3) is 0.316. The molecule has 0 saturated carbocycles. The Morgan fingerprint density at radius 2 is 1.92 bits per heavy atom. The molecule has 2 aromatic rings. The van der Waals surface area contributed by atoms with Gasteiger partial charge < -0.3 is 15.4 Å². The molecule has 2 N–H and O–H groups in total. The summed E-state index contributed by atoms with van der Waals surface area (Å²) < 4.78 is 32.4. The molecule has 0 unspecified atom stereocenters. The number of hydrogen-bond donors (Lipinski definition) is 2. The zero-order chi connectivity index (χ0) is 18.2. The molecule has 0 amide bonds. The van der Waals surface area contributed by atoms with Gasteiger partial charge in [0.05, 0.1) is 6.04 Å². The van der Waals surface area contributed by atoms with Crippen molar-refractivity contribution in [3.63, 3.8) is 0 Å². The Morgan fingerprint density at radius 1 is 1.16 bits per heavy atom. The van der Waals surface area contributed by atoms with E-state index in [9.17, 15) is 8.78 Å². The van der Waals surface area contributed by atoms with Gasteiger partial charge in [0.25, 0.3) is 0 Å². The lowest BCUT2D eigenvalue weighted by atomic mass is 9.89. The van der Waals surface area contributed by atoms with Crippen LogP contribution in [0.2, 0.25) is 0 Å². The van der Waals surface area contributed by atoms with Gasteiger partial charge in [0.15, 0.2) is 16.7 Å². The zero-order valence-corrected chi connectivity index (χ0v) is 15.1. The van der Waals surface area contributed by atoms with Gasteiger partial charge in [0.1, 0.15) is 11.4 Å². The molecule has 1 aliphatic heterocycles. The van der Waals surface area contributed by atoms with Crippen LogP contribution in [0.5, 0.6) is 5.75 Å². The van der Waals surface area contributed by atoms with Gasteiger partial charge in [0.2, 0.25) is 0 Å².